The third-order valence-corrected chi connectivity index (χ3v) is 3.97. The zero-order valence-electron chi connectivity index (χ0n) is 6.61. The Balaban J connectivity index is 1.94. The summed E-state index contributed by atoms with van der Waals surface area (Å²) in [6.45, 7) is 0. The largest absolute Gasteiger partial charge is 0.393 e. The molecule has 0 spiro atoms. The van der Waals surface area contributed by atoms with Crippen LogP contribution in [-0.4, -0.2) is 11.2 Å². The van der Waals surface area contributed by atoms with Crippen molar-refractivity contribution in [2.24, 2.45) is 23.7 Å². The first kappa shape index (κ1) is 6.24. The average Bonchev–Trinajstić information content (AvgIpc) is 2.52. The molecule has 5 atom stereocenters. The van der Waals surface area contributed by atoms with Crippen molar-refractivity contribution in [1.82, 2.24) is 0 Å². The lowest BCUT2D eigenvalue weighted by molar-refractivity contribution is 0.0746. The Bertz CT molecular complexity index is 209. The van der Waals surface area contributed by atoms with Crippen molar-refractivity contribution in [1.29, 1.82) is 0 Å². The van der Waals surface area contributed by atoms with E-state index in [1.165, 1.54) is 12.8 Å². The van der Waals surface area contributed by atoms with Crippen LogP contribution in [0.4, 0.5) is 0 Å². The number of hydrogen-bond donors (Lipinski definition) is 1. The second-order valence-corrected chi connectivity index (χ2v) is 4.37. The van der Waals surface area contributed by atoms with Crippen LogP contribution >= 0.6 is 0 Å². The maximum absolute atomic E-state index is 9.63. The summed E-state index contributed by atoms with van der Waals surface area (Å²) in [6.07, 6.45) is 8.38. The number of rotatable bonds is 0. The van der Waals surface area contributed by atoms with E-state index in [4.69, 9.17) is 0 Å². The molecule has 0 saturated heterocycles. The topological polar surface area (TPSA) is 20.2 Å². The van der Waals surface area contributed by atoms with Crippen LogP contribution in [0.15, 0.2) is 12.2 Å². The van der Waals surface area contributed by atoms with Crippen LogP contribution in [0.3, 0.4) is 0 Å². The van der Waals surface area contributed by atoms with Gasteiger partial charge in [-0.2, -0.15) is 0 Å². The summed E-state index contributed by atoms with van der Waals surface area (Å²) in [5.41, 5.74) is 0. The number of hydrogen-bond acceptors (Lipinski definition) is 1. The Morgan fingerprint density at radius 1 is 1.18 bits per heavy atom. The molecule has 0 aromatic carbocycles. The highest BCUT2D eigenvalue weighted by molar-refractivity contribution is 5.14. The van der Waals surface area contributed by atoms with Crippen LogP contribution in [0.5, 0.6) is 0 Å². The van der Waals surface area contributed by atoms with Crippen molar-refractivity contribution >= 4 is 0 Å². The minimum Gasteiger partial charge on any atom is -0.393 e. The van der Waals surface area contributed by atoms with Crippen molar-refractivity contribution in [3.63, 3.8) is 0 Å². The minimum atomic E-state index is 0.0315. The van der Waals surface area contributed by atoms with E-state index in [2.05, 4.69) is 12.2 Å². The number of aliphatic hydroxyl groups excluding tert-OH is 1. The lowest BCUT2D eigenvalue weighted by atomic mass is 9.80. The Morgan fingerprint density at radius 2 is 2.09 bits per heavy atom. The van der Waals surface area contributed by atoms with E-state index < -0.39 is 0 Å². The van der Waals surface area contributed by atoms with Gasteiger partial charge < -0.3 is 5.11 Å². The molecular weight excluding hydrogens is 136 g/mol. The van der Waals surface area contributed by atoms with Crippen molar-refractivity contribution in [2.75, 3.05) is 0 Å². The molecule has 60 valence electrons. The minimum absolute atomic E-state index is 0.0315. The highest BCUT2D eigenvalue weighted by atomic mass is 16.3. The van der Waals surface area contributed by atoms with Crippen LogP contribution in [0.2, 0.25) is 0 Å². The average molecular weight is 150 g/mol. The van der Waals surface area contributed by atoms with Gasteiger partial charge in [0.2, 0.25) is 0 Å². The summed E-state index contributed by atoms with van der Waals surface area (Å²) in [6, 6.07) is 0. The molecular formula is C10H14O. The highest BCUT2D eigenvalue weighted by Crippen LogP contribution is 2.56. The molecule has 0 unspecified atom stereocenters. The molecule has 1 nitrogen and oxygen atoms in total. The quantitative estimate of drug-likeness (QED) is 0.520. The summed E-state index contributed by atoms with van der Waals surface area (Å²) in [5, 5.41) is 9.63. The molecule has 0 radical (unpaired) electrons. The van der Waals surface area contributed by atoms with Gasteiger partial charge in [-0.05, 0) is 42.9 Å². The third kappa shape index (κ3) is 0.652. The molecule has 0 aromatic heterocycles. The molecule has 2 bridgehead atoms. The molecule has 3 rings (SSSR count). The molecule has 3 aliphatic rings. The maximum atomic E-state index is 9.63. The number of fused-ring (bicyclic) bond motifs is 5. The zero-order valence-corrected chi connectivity index (χ0v) is 6.61. The lowest BCUT2D eigenvalue weighted by Gasteiger charge is -2.27. The first-order chi connectivity index (χ1) is 5.36. The molecule has 3 aliphatic carbocycles. The first-order valence-electron chi connectivity index (χ1n) is 4.71. The molecule has 0 aromatic rings. The van der Waals surface area contributed by atoms with E-state index in [0.717, 1.165) is 24.2 Å². The first-order valence-corrected chi connectivity index (χ1v) is 4.71. The summed E-state index contributed by atoms with van der Waals surface area (Å²) in [7, 11) is 0. The molecule has 2 fully saturated rings. The van der Waals surface area contributed by atoms with E-state index >= 15 is 0 Å². The molecule has 11 heavy (non-hydrogen) atoms. The van der Waals surface area contributed by atoms with Gasteiger partial charge in [0.15, 0.2) is 0 Å². The van der Waals surface area contributed by atoms with Gasteiger partial charge in [0.1, 0.15) is 0 Å². The Kier molecular flexibility index (Phi) is 1.07. The molecule has 0 aliphatic heterocycles. The SMILES string of the molecule is O[C@@H]1C[C@@H]2C[C@H]1[C@@H]1C=CC[C@H]21. The monoisotopic (exact) mass is 150 g/mol. The number of allylic oxidation sites excluding steroid dienone is 2. The predicted molar refractivity (Wildman–Crippen MR) is 43.0 cm³/mol. The van der Waals surface area contributed by atoms with E-state index in [-0.39, 0.29) is 6.10 Å². The second kappa shape index (κ2) is 1.89. The summed E-state index contributed by atoms with van der Waals surface area (Å²) in [4.78, 5) is 0. The van der Waals surface area contributed by atoms with E-state index in [0.29, 0.717) is 5.92 Å². The van der Waals surface area contributed by atoms with Gasteiger partial charge in [0.25, 0.3) is 0 Å². The number of aliphatic hydroxyl groups is 1. The van der Waals surface area contributed by atoms with Gasteiger partial charge in [0, 0.05) is 0 Å². The fourth-order valence-corrected chi connectivity index (χ4v) is 3.51. The third-order valence-electron chi connectivity index (χ3n) is 3.97. The second-order valence-electron chi connectivity index (χ2n) is 4.37. The van der Waals surface area contributed by atoms with E-state index in [1.807, 2.05) is 0 Å². The molecule has 1 N–H and O–H groups in total. The molecule has 1 heteroatoms. The van der Waals surface area contributed by atoms with E-state index in [1.54, 1.807) is 0 Å². The summed E-state index contributed by atoms with van der Waals surface area (Å²) >= 11 is 0. The van der Waals surface area contributed by atoms with Crippen LogP contribution < -0.4 is 0 Å². The molecule has 0 amide bonds. The van der Waals surface area contributed by atoms with Gasteiger partial charge in [-0.15, -0.1) is 0 Å². The Labute approximate surface area is 67.1 Å². The van der Waals surface area contributed by atoms with Crippen LogP contribution in [0.1, 0.15) is 19.3 Å². The van der Waals surface area contributed by atoms with Crippen LogP contribution in [0.25, 0.3) is 0 Å². The van der Waals surface area contributed by atoms with Gasteiger partial charge >= 0.3 is 0 Å². The maximum Gasteiger partial charge on any atom is 0.0577 e. The van der Waals surface area contributed by atoms with Crippen LogP contribution in [0, 0.1) is 23.7 Å². The fourth-order valence-electron chi connectivity index (χ4n) is 3.51. The highest BCUT2D eigenvalue weighted by Gasteiger charge is 2.51. The smallest absolute Gasteiger partial charge is 0.0577 e. The van der Waals surface area contributed by atoms with Crippen molar-refractivity contribution in [3.8, 4) is 0 Å². The van der Waals surface area contributed by atoms with Gasteiger partial charge in [-0.25, -0.2) is 0 Å². The fraction of sp³-hybridized carbons (Fsp3) is 0.800. The van der Waals surface area contributed by atoms with Crippen molar-refractivity contribution in [3.05, 3.63) is 12.2 Å². The summed E-state index contributed by atoms with van der Waals surface area (Å²) < 4.78 is 0. The van der Waals surface area contributed by atoms with Gasteiger partial charge in [-0.3, -0.25) is 0 Å². The Morgan fingerprint density at radius 3 is 3.00 bits per heavy atom. The zero-order chi connectivity index (χ0) is 7.42. The van der Waals surface area contributed by atoms with Gasteiger partial charge in [0.05, 0.1) is 6.10 Å². The molecule has 2 saturated carbocycles. The standard InChI is InChI=1S/C10H14O/c11-10-5-6-4-9(10)8-3-1-2-7(6)8/h1,3,6-11H,2,4-5H2/t6-,7+,8+,9-,10+/m0/s1. The molecule has 0 heterocycles. The van der Waals surface area contributed by atoms with E-state index in [9.17, 15) is 5.11 Å². The van der Waals surface area contributed by atoms with Crippen molar-refractivity contribution in [2.45, 2.75) is 25.4 Å². The normalized spacial score (nSPS) is 58.8. The van der Waals surface area contributed by atoms with Crippen molar-refractivity contribution < 1.29 is 5.11 Å². The summed E-state index contributed by atoms with van der Waals surface area (Å²) in [5.74, 6) is 3.16. The Hall–Kier alpha value is -0.300. The lowest BCUT2D eigenvalue weighted by Crippen LogP contribution is -2.27. The van der Waals surface area contributed by atoms with Gasteiger partial charge in [-0.1, -0.05) is 12.2 Å². The van der Waals surface area contributed by atoms with Crippen LogP contribution in [-0.2, 0) is 0 Å². The predicted octanol–water partition coefficient (Wildman–Crippen LogP) is 1.58.